The number of esters is 1. The largest absolute Gasteiger partial charge is 0.468 e. The fraction of sp³-hybridized carbons (Fsp3) is 0.133. The summed E-state index contributed by atoms with van der Waals surface area (Å²) in [5, 5.41) is 10.4. The van der Waals surface area contributed by atoms with Crippen molar-refractivity contribution in [3.63, 3.8) is 0 Å². The van der Waals surface area contributed by atoms with Gasteiger partial charge in [0.25, 0.3) is 15.7 Å². The second-order valence-corrected chi connectivity index (χ2v) is 7.21. The van der Waals surface area contributed by atoms with Crippen molar-refractivity contribution < 1.29 is 27.3 Å². The maximum absolute atomic E-state index is 13.4. The molecule has 0 aliphatic rings. The van der Waals surface area contributed by atoms with E-state index in [0.717, 1.165) is 49.6 Å². The molecular formula is C15H12ClFN2O6S. The molecule has 0 saturated carbocycles. The summed E-state index contributed by atoms with van der Waals surface area (Å²) in [6.07, 6.45) is 0. The highest BCUT2D eigenvalue weighted by Crippen LogP contribution is 2.28. The Labute approximate surface area is 153 Å². The summed E-state index contributed by atoms with van der Waals surface area (Å²) in [6.45, 7) is -0.697. The maximum atomic E-state index is 13.4. The number of non-ortho nitro benzene ring substituents is 1. The Kier molecular flexibility index (Phi) is 5.78. The SMILES string of the molecule is COC(=O)CN(c1ccc(F)c(Cl)c1)S(=O)(=O)c1ccc([N+](=O)[O-])cc1. The summed E-state index contributed by atoms with van der Waals surface area (Å²) in [7, 11) is -3.22. The van der Waals surface area contributed by atoms with Gasteiger partial charge in [-0.15, -0.1) is 0 Å². The summed E-state index contributed by atoms with van der Waals surface area (Å²) < 4.78 is 44.3. The van der Waals surface area contributed by atoms with E-state index in [4.69, 9.17) is 11.6 Å². The van der Waals surface area contributed by atoms with Crippen LogP contribution in [-0.4, -0.2) is 33.0 Å². The van der Waals surface area contributed by atoms with E-state index in [2.05, 4.69) is 4.74 Å². The number of hydrogen-bond donors (Lipinski definition) is 0. The van der Waals surface area contributed by atoms with Gasteiger partial charge in [-0.25, -0.2) is 12.8 Å². The molecule has 2 aromatic rings. The third-order valence-electron chi connectivity index (χ3n) is 3.33. The van der Waals surface area contributed by atoms with Crippen molar-refractivity contribution >= 4 is 39.0 Å². The van der Waals surface area contributed by atoms with Crippen LogP contribution >= 0.6 is 11.6 Å². The average molecular weight is 403 g/mol. The molecule has 8 nitrogen and oxygen atoms in total. The number of nitro benzene ring substituents is 1. The molecule has 11 heteroatoms. The van der Waals surface area contributed by atoms with Gasteiger partial charge in [0, 0.05) is 12.1 Å². The van der Waals surface area contributed by atoms with Gasteiger partial charge >= 0.3 is 5.97 Å². The van der Waals surface area contributed by atoms with Crippen LogP contribution in [0.3, 0.4) is 0 Å². The van der Waals surface area contributed by atoms with Crippen LogP contribution in [0.4, 0.5) is 15.8 Å². The summed E-state index contributed by atoms with van der Waals surface area (Å²) in [6, 6.07) is 7.22. The van der Waals surface area contributed by atoms with Gasteiger partial charge in [0.15, 0.2) is 0 Å². The molecule has 0 aliphatic carbocycles. The van der Waals surface area contributed by atoms with Gasteiger partial charge < -0.3 is 4.74 Å². The molecule has 0 amide bonds. The summed E-state index contributed by atoms with van der Waals surface area (Å²) >= 11 is 5.69. The van der Waals surface area contributed by atoms with Crippen LogP contribution in [0.15, 0.2) is 47.4 Å². The van der Waals surface area contributed by atoms with E-state index in [1.165, 1.54) is 0 Å². The lowest BCUT2D eigenvalue weighted by molar-refractivity contribution is -0.384. The fourth-order valence-corrected chi connectivity index (χ4v) is 3.58. The molecule has 138 valence electrons. The zero-order chi connectivity index (χ0) is 19.5. The highest BCUT2D eigenvalue weighted by Gasteiger charge is 2.28. The first-order valence-electron chi connectivity index (χ1n) is 6.96. The van der Waals surface area contributed by atoms with Crippen molar-refractivity contribution in [3.05, 3.63) is 63.4 Å². The molecular weight excluding hydrogens is 391 g/mol. The summed E-state index contributed by atoms with van der Waals surface area (Å²) in [5.74, 6) is -1.63. The molecule has 2 rings (SSSR count). The van der Waals surface area contributed by atoms with Crippen molar-refractivity contribution in [2.24, 2.45) is 0 Å². The van der Waals surface area contributed by atoms with Crippen molar-refractivity contribution in [1.82, 2.24) is 0 Å². The van der Waals surface area contributed by atoms with Crippen molar-refractivity contribution in [1.29, 1.82) is 0 Å². The molecule has 0 N–H and O–H groups in total. The lowest BCUT2D eigenvalue weighted by Gasteiger charge is -2.23. The van der Waals surface area contributed by atoms with Crippen molar-refractivity contribution in [3.8, 4) is 0 Å². The van der Waals surface area contributed by atoms with Crippen LogP contribution in [0.25, 0.3) is 0 Å². The number of anilines is 1. The van der Waals surface area contributed by atoms with Gasteiger partial charge in [-0.1, -0.05) is 11.6 Å². The predicted molar refractivity (Wildman–Crippen MR) is 91.1 cm³/mol. The Hall–Kier alpha value is -2.72. The van der Waals surface area contributed by atoms with Crippen molar-refractivity contribution in [2.45, 2.75) is 4.90 Å². The Morgan fingerprint density at radius 1 is 1.27 bits per heavy atom. The Balaban J connectivity index is 2.53. The predicted octanol–water partition coefficient (Wildman–Crippen LogP) is 2.76. The number of halogens is 2. The Morgan fingerprint density at radius 2 is 1.88 bits per heavy atom. The molecule has 0 saturated heterocycles. The highest BCUT2D eigenvalue weighted by molar-refractivity contribution is 7.92. The molecule has 0 aromatic heterocycles. The first-order valence-corrected chi connectivity index (χ1v) is 8.77. The molecule has 0 spiro atoms. The average Bonchev–Trinajstić information content (AvgIpc) is 2.61. The molecule has 0 heterocycles. The van der Waals surface area contributed by atoms with E-state index in [1.807, 2.05) is 0 Å². The maximum Gasteiger partial charge on any atom is 0.326 e. The second kappa shape index (κ2) is 7.67. The Morgan fingerprint density at radius 3 is 2.38 bits per heavy atom. The minimum Gasteiger partial charge on any atom is -0.468 e. The fourth-order valence-electron chi connectivity index (χ4n) is 2.00. The smallest absolute Gasteiger partial charge is 0.326 e. The molecule has 0 atom stereocenters. The van der Waals surface area contributed by atoms with Gasteiger partial charge in [-0.05, 0) is 30.3 Å². The van der Waals surface area contributed by atoms with Gasteiger partial charge in [-0.2, -0.15) is 0 Å². The van der Waals surface area contributed by atoms with E-state index in [1.54, 1.807) is 0 Å². The number of rotatable bonds is 6. The van der Waals surface area contributed by atoms with Gasteiger partial charge in [0.1, 0.15) is 12.4 Å². The van der Waals surface area contributed by atoms with Crippen LogP contribution in [0, 0.1) is 15.9 Å². The standard InChI is InChI=1S/C15H12ClFN2O6S/c1-25-15(20)9-18(11-4-7-14(17)13(16)8-11)26(23,24)12-5-2-10(3-6-12)19(21)22/h2-8H,9H2,1H3. The van der Waals surface area contributed by atoms with Crippen LogP contribution in [0.5, 0.6) is 0 Å². The van der Waals surface area contributed by atoms with Crippen LogP contribution in [-0.2, 0) is 19.6 Å². The highest BCUT2D eigenvalue weighted by atomic mass is 35.5. The minimum absolute atomic E-state index is 0.0693. The second-order valence-electron chi connectivity index (χ2n) is 4.94. The third-order valence-corrected chi connectivity index (χ3v) is 5.40. The van der Waals surface area contributed by atoms with E-state index in [9.17, 15) is 27.7 Å². The van der Waals surface area contributed by atoms with E-state index >= 15 is 0 Å². The molecule has 0 unspecified atom stereocenters. The molecule has 0 aliphatic heterocycles. The lowest BCUT2D eigenvalue weighted by atomic mass is 10.3. The van der Waals surface area contributed by atoms with E-state index < -0.39 is 33.3 Å². The number of ether oxygens (including phenoxy) is 1. The van der Waals surface area contributed by atoms with E-state index in [0.29, 0.717) is 4.31 Å². The molecule has 2 aromatic carbocycles. The Bertz CT molecular complexity index is 949. The van der Waals surface area contributed by atoms with Crippen molar-refractivity contribution in [2.75, 3.05) is 18.0 Å². The zero-order valence-electron chi connectivity index (χ0n) is 13.3. The van der Waals surface area contributed by atoms with Crippen LogP contribution < -0.4 is 4.31 Å². The number of carbonyl (C=O) groups is 1. The molecule has 0 fully saturated rings. The quantitative estimate of drug-likeness (QED) is 0.417. The van der Waals surface area contributed by atoms with Gasteiger partial charge in [0.05, 0.1) is 27.6 Å². The number of nitrogens with zero attached hydrogens (tertiary/aromatic N) is 2. The monoisotopic (exact) mass is 402 g/mol. The summed E-state index contributed by atoms with van der Waals surface area (Å²) in [5.41, 5.74) is -0.367. The minimum atomic E-state index is -4.30. The first kappa shape index (κ1) is 19.6. The van der Waals surface area contributed by atoms with Crippen LogP contribution in [0.2, 0.25) is 5.02 Å². The zero-order valence-corrected chi connectivity index (χ0v) is 14.8. The normalized spacial score (nSPS) is 11.0. The summed E-state index contributed by atoms with van der Waals surface area (Å²) in [4.78, 5) is 21.4. The van der Waals surface area contributed by atoms with Gasteiger partial charge in [0.2, 0.25) is 0 Å². The third kappa shape index (κ3) is 4.09. The number of benzene rings is 2. The van der Waals surface area contributed by atoms with Crippen LogP contribution in [0.1, 0.15) is 0 Å². The number of methoxy groups -OCH3 is 1. The molecule has 26 heavy (non-hydrogen) atoms. The molecule has 0 bridgehead atoms. The van der Waals surface area contributed by atoms with Gasteiger partial charge in [-0.3, -0.25) is 19.2 Å². The number of sulfonamides is 1. The number of carbonyl (C=O) groups excluding carboxylic acids is 1. The number of hydrogen-bond acceptors (Lipinski definition) is 6. The molecule has 0 radical (unpaired) electrons. The lowest BCUT2D eigenvalue weighted by Crippen LogP contribution is -2.36. The topological polar surface area (TPSA) is 107 Å². The number of nitro groups is 1. The van der Waals surface area contributed by atoms with E-state index in [-0.39, 0.29) is 21.3 Å². The first-order chi connectivity index (χ1) is 12.2.